The Morgan fingerprint density at radius 1 is 1.08 bits per heavy atom. The molecule has 0 bridgehead atoms. The van der Waals surface area contributed by atoms with Crippen LogP contribution in [-0.2, 0) is 0 Å². The molecule has 0 spiro atoms. The van der Waals surface area contributed by atoms with Crippen LogP contribution in [0.15, 0.2) is 30.6 Å². The molecule has 2 rings (SSSR count). The average Bonchev–Trinajstić information content (AvgIpc) is 2.06. The van der Waals surface area contributed by atoms with Crippen LogP contribution in [0.1, 0.15) is 0 Å². The van der Waals surface area contributed by atoms with E-state index in [1.807, 2.05) is 6.07 Å². The van der Waals surface area contributed by atoms with Gasteiger partial charge in [0.05, 0.1) is 5.52 Å². The van der Waals surface area contributed by atoms with E-state index >= 15 is 0 Å². The fourth-order valence-corrected chi connectivity index (χ4v) is 0.977. The molecule has 1 aromatic heterocycles. The van der Waals surface area contributed by atoms with Gasteiger partial charge in [-0.15, -0.1) is 0 Å². The Balaban J connectivity index is 0.000000720. The van der Waals surface area contributed by atoms with Crippen molar-refractivity contribution in [2.24, 2.45) is 0 Å². The number of rotatable bonds is 0. The van der Waals surface area contributed by atoms with Crippen molar-refractivity contribution in [3.63, 3.8) is 0 Å². The molecule has 0 atom stereocenters. The molecule has 1 aromatic carbocycles. The molecule has 2 aromatic rings. The predicted molar refractivity (Wildman–Crippen MR) is 47.0 cm³/mol. The van der Waals surface area contributed by atoms with Gasteiger partial charge in [-0.1, -0.05) is 6.07 Å². The van der Waals surface area contributed by atoms with Gasteiger partial charge in [-0.3, -0.25) is 4.98 Å². The maximum Gasteiger partial charge on any atom is 0.143 e. The summed E-state index contributed by atoms with van der Waals surface area (Å²) in [7, 11) is 0. The summed E-state index contributed by atoms with van der Waals surface area (Å²) < 4.78 is 0. The zero-order valence-corrected chi connectivity index (χ0v) is 6.73. The second kappa shape index (κ2) is 3.57. The van der Waals surface area contributed by atoms with Gasteiger partial charge < -0.3 is 5.11 Å². The Morgan fingerprint density at radius 3 is 2.58 bits per heavy atom. The standard InChI is InChI=1S/C8H6N2O.Li/c11-7-3-1-2-6-8(7)10-5-4-9-6;/h1-5,11H;. The van der Waals surface area contributed by atoms with Gasteiger partial charge in [0.25, 0.3) is 0 Å². The Hall–Kier alpha value is -1.04. The number of hydrogen-bond acceptors (Lipinski definition) is 3. The first kappa shape index (κ1) is 9.05. The zero-order valence-electron chi connectivity index (χ0n) is 6.73. The van der Waals surface area contributed by atoms with Crippen molar-refractivity contribution in [1.82, 2.24) is 9.97 Å². The molecule has 1 radical (unpaired) electrons. The van der Waals surface area contributed by atoms with Gasteiger partial charge in [-0.25, -0.2) is 4.98 Å². The number of phenols is 1. The second-order valence-corrected chi connectivity index (χ2v) is 2.20. The second-order valence-electron chi connectivity index (χ2n) is 2.20. The number of nitrogens with zero attached hydrogens (tertiary/aromatic N) is 2. The van der Waals surface area contributed by atoms with Crippen molar-refractivity contribution in [2.75, 3.05) is 0 Å². The normalized spacial score (nSPS) is 9.33. The molecule has 0 fully saturated rings. The van der Waals surface area contributed by atoms with Gasteiger partial charge in [0, 0.05) is 31.3 Å². The van der Waals surface area contributed by atoms with E-state index in [2.05, 4.69) is 9.97 Å². The van der Waals surface area contributed by atoms with Crippen molar-refractivity contribution in [3.05, 3.63) is 30.6 Å². The van der Waals surface area contributed by atoms with Crippen molar-refractivity contribution >= 4 is 29.9 Å². The van der Waals surface area contributed by atoms with Gasteiger partial charge in [-0.2, -0.15) is 0 Å². The first-order chi connectivity index (χ1) is 5.38. The number of aromatic nitrogens is 2. The molecule has 12 heavy (non-hydrogen) atoms. The predicted octanol–water partition coefficient (Wildman–Crippen LogP) is 0.955. The summed E-state index contributed by atoms with van der Waals surface area (Å²) in [5.41, 5.74) is 1.27. The van der Waals surface area contributed by atoms with Crippen LogP contribution in [0.2, 0.25) is 0 Å². The molecular formula is C8H6LiN2O. The van der Waals surface area contributed by atoms with E-state index in [0.29, 0.717) is 11.0 Å². The fraction of sp³-hybridized carbons (Fsp3) is 0. The summed E-state index contributed by atoms with van der Waals surface area (Å²) in [6.45, 7) is 0. The summed E-state index contributed by atoms with van der Waals surface area (Å²) in [6, 6.07) is 5.14. The number of para-hydroxylation sites is 1. The molecular weight excluding hydrogens is 147 g/mol. The van der Waals surface area contributed by atoms with Gasteiger partial charge in [0.1, 0.15) is 11.3 Å². The minimum Gasteiger partial charge on any atom is -0.506 e. The zero-order chi connectivity index (χ0) is 7.68. The summed E-state index contributed by atoms with van der Waals surface area (Å²) in [5.74, 6) is 0.176. The average molecular weight is 153 g/mol. The van der Waals surface area contributed by atoms with Gasteiger partial charge >= 0.3 is 0 Å². The number of fused-ring (bicyclic) bond motifs is 1. The number of benzene rings is 1. The van der Waals surface area contributed by atoms with Crippen molar-refractivity contribution in [3.8, 4) is 5.75 Å². The first-order valence-electron chi connectivity index (χ1n) is 3.26. The minimum absolute atomic E-state index is 0. The first-order valence-corrected chi connectivity index (χ1v) is 3.26. The topological polar surface area (TPSA) is 46.0 Å². The van der Waals surface area contributed by atoms with E-state index in [-0.39, 0.29) is 24.6 Å². The van der Waals surface area contributed by atoms with E-state index in [1.54, 1.807) is 24.5 Å². The molecule has 1 heterocycles. The van der Waals surface area contributed by atoms with Crippen LogP contribution >= 0.6 is 0 Å². The van der Waals surface area contributed by atoms with E-state index in [0.717, 1.165) is 0 Å². The molecule has 0 aliphatic heterocycles. The third kappa shape index (κ3) is 1.42. The smallest absolute Gasteiger partial charge is 0.143 e. The van der Waals surface area contributed by atoms with Crippen molar-refractivity contribution < 1.29 is 5.11 Å². The Morgan fingerprint density at radius 2 is 1.83 bits per heavy atom. The molecule has 0 unspecified atom stereocenters. The van der Waals surface area contributed by atoms with Crippen molar-refractivity contribution in [2.45, 2.75) is 0 Å². The van der Waals surface area contributed by atoms with Crippen LogP contribution in [0, 0.1) is 0 Å². The third-order valence-corrected chi connectivity index (χ3v) is 1.48. The number of aromatic hydroxyl groups is 1. The Labute approximate surface area is 81.6 Å². The monoisotopic (exact) mass is 153 g/mol. The molecule has 0 saturated heterocycles. The van der Waals surface area contributed by atoms with Crippen LogP contribution in [0.25, 0.3) is 11.0 Å². The Kier molecular flexibility index (Phi) is 2.69. The maximum atomic E-state index is 9.27. The quantitative estimate of drug-likeness (QED) is 0.573. The minimum atomic E-state index is 0. The van der Waals surface area contributed by atoms with E-state index in [1.165, 1.54) is 0 Å². The Bertz CT molecular complexity index is 386. The van der Waals surface area contributed by atoms with E-state index in [9.17, 15) is 5.11 Å². The van der Waals surface area contributed by atoms with Crippen molar-refractivity contribution in [1.29, 1.82) is 0 Å². The molecule has 0 aliphatic rings. The summed E-state index contributed by atoms with van der Waals surface area (Å²) >= 11 is 0. The fourth-order valence-electron chi connectivity index (χ4n) is 0.977. The van der Waals surface area contributed by atoms with Gasteiger partial charge in [0.2, 0.25) is 0 Å². The van der Waals surface area contributed by atoms with E-state index in [4.69, 9.17) is 0 Å². The third-order valence-electron chi connectivity index (χ3n) is 1.48. The van der Waals surface area contributed by atoms with Crippen LogP contribution in [-0.4, -0.2) is 33.9 Å². The summed E-state index contributed by atoms with van der Waals surface area (Å²) in [4.78, 5) is 7.99. The molecule has 1 N–H and O–H groups in total. The molecule has 4 heteroatoms. The summed E-state index contributed by atoms with van der Waals surface area (Å²) in [6.07, 6.45) is 3.16. The number of phenolic OH excluding ortho intramolecular Hbond substituents is 1. The number of hydrogen-bond donors (Lipinski definition) is 1. The van der Waals surface area contributed by atoms with Gasteiger partial charge in [-0.05, 0) is 12.1 Å². The molecule has 3 nitrogen and oxygen atoms in total. The molecule has 0 aliphatic carbocycles. The van der Waals surface area contributed by atoms with Gasteiger partial charge in [0.15, 0.2) is 0 Å². The molecule has 55 valence electrons. The van der Waals surface area contributed by atoms with Crippen LogP contribution in [0.4, 0.5) is 0 Å². The summed E-state index contributed by atoms with van der Waals surface area (Å²) in [5, 5.41) is 9.27. The largest absolute Gasteiger partial charge is 0.506 e. The maximum absolute atomic E-state index is 9.27. The molecule has 0 amide bonds. The molecule has 0 saturated carbocycles. The van der Waals surface area contributed by atoms with Crippen LogP contribution < -0.4 is 0 Å². The SMILES string of the molecule is Oc1cccc2nccnc12.[Li]. The van der Waals surface area contributed by atoms with Crippen LogP contribution in [0.5, 0.6) is 5.75 Å². The van der Waals surface area contributed by atoms with Crippen LogP contribution in [0.3, 0.4) is 0 Å². The van der Waals surface area contributed by atoms with E-state index < -0.39 is 0 Å².